The molecular formula is C22H31F3N2O4. The number of hydrogen-bond donors (Lipinski definition) is 1. The Labute approximate surface area is 181 Å². The van der Waals surface area contributed by atoms with E-state index in [9.17, 15) is 27.9 Å². The maximum Gasteiger partial charge on any atom is 0.416 e. The summed E-state index contributed by atoms with van der Waals surface area (Å²) < 4.78 is 43.8. The van der Waals surface area contributed by atoms with Gasteiger partial charge in [0.1, 0.15) is 17.9 Å². The molecule has 1 aromatic carbocycles. The van der Waals surface area contributed by atoms with Crippen LogP contribution in [0.5, 0.6) is 5.75 Å². The van der Waals surface area contributed by atoms with Gasteiger partial charge in [0.15, 0.2) is 0 Å². The Bertz CT molecular complexity index is 764. The second-order valence-corrected chi connectivity index (χ2v) is 9.18. The fourth-order valence-corrected chi connectivity index (χ4v) is 3.81. The molecule has 0 unspecified atom stereocenters. The number of rotatable bonds is 5. The van der Waals surface area contributed by atoms with E-state index in [2.05, 4.69) is 0 Å². The van der Waals surface area contributed by atoms with Gasteiger partial charge in [0.25, 0.3) is 0 Å². The summed E-state index contributed by atoms with van der Waals surface area (Å²) in [6.07, 6.45) is -4.73. The van der Waals surface area contributed by atoms with Crippen molar-refractivity contribution < 1.29 is 32.6 Å². The molecule has 6 nitrogen and oxygen atoms in total. The number of amides is 2. The highest BCUT2D eigenvalue weighted by atomic mass is 19.4. The van der Waals surface area contributed by atoms with Crippen LogP contribution < -0.4 is 4.74 Å². The molecule has 9 heteroatoms. The van der Waals surface area contributed by atoms with Gasteiger partial charge in [0.2, 0.25) is 5.91 Å². The van der Waals surface area contributed by atoms with Crippen LogP contribution in [0.3, 0.4) is 0 Å². The zero-order chi connectivity index (χ0) is 23.6. The first kappa shape index (κ1) is 24.8. The lowest BCUT2D eigenvalue weighted by atomic mass is 9.94. The second kappa shape index (κ2) is 9.36. The van der Waals surface area contributed by atoms with Crippen LogP contribution in [-0.2, 0) is 11.0 Å². The first-order chi connectivity index (χ1) is 14.2. The average Bonchev–Trinajstić information content (AvgIpc) is 2.64. The molecular weight excluding hydrogens is 413 g/mol. The number of carboxylic acid groups (broad SMARTS) is 1. The lowest BCUT2D eigenvalue weighted by Crippen LogP contribution is -2.60. The molecule has 0 aliphatic carbocycles. The van der Waals surface area contributed by atoms with Crippen molar-refractivity contribution in [3.8, 4) is 5.75 Å². The molecule has 0 bridgehead atoms. The summed E-state index contributed by atoms with van der Waals surface area (Å²) in [5, 5.41) is 9.72. The van der Waals surface area contributed by atoms with E-state index in [0.29, 0.717) is 31.7 Å². The average molecular weight is 444 g/mol. The first-order valence-electron chi connectivity index (χ1n) is 10.4. The van der Waals surface area contributed by atoms with E-state index in [1.807, 2.05) is 13.8 Å². The van der Waals surface area contributed by atoms with Gasteiger partial charge < -0.3 is 14.7 Å². The topological polar surface area (TPSA) is 70.1 Å². The van der Waals surface area contributed by atoms with Crippen LogP contribution in [0.25, 0.3) is 0 Å². The van der Waals surface area contributed by atoms with Crippen molar-refractivity contribution in [3.63, 3.8) is 0 Å². The normalized spacial score (nSPS) is 16.9. The van der Waals surface area contributed by atoms with Crippen LogP contribution in [0.2, 0.25) is 0 Å². The Morgan fingerprint density at radius 2 is 1.61 bits per heavy atom. The number of alkyl halides is 3. The third-order valence-electron chi connectivity index (χ3n) is 5.33. The Morgan fingerprint density at radius 3 is 2.00 bits per heavy atom. The predicted molar refractivity (Wildman–Crippen MR) is 110 cm³/mol. The molecule has 1 aromatic rings. The van der Waals surface area contributed by atoms with Gasteiger partial charge in [-0.25, -0.2) is 4.79 Å². The minimum absolute atomic E-state index is 0.205. The SMILES string of the molecule is CC(C)[C@@H](C(=O)N1CCC(Oc2ccc(C(F)(F)F)cc2)CC1)N(C(=O)O)C(C)(C)C. The van der Waals surface area contributed by atoms with Gasteiger partial charge in [-0.1, -0.05) is 13.8 Å². The van der Waals surface area contributed by atoms with E-state index in [0.717, 1.165) is 12.1 Å². The molecule has 1 N–H and O–H groups in total. The van der Waals surface area contributed by atoms with Crippen molar-refractivity contribution in [3.05, 3.63) is 29.8 Å². The standard InChI is InChI=1S/C22H31F3N2O4/c1-14(2)18(27(20(29)30)21(3,4)5)19(28)26-12-10-17(11-13-26)31-16-8-6-15(7-9-16)22(23,24)25/h6-9,14,17-18H,10-13H2,1-5H3,(H,29,30)/t18-/m0/s1. The molecule has 174 valence electrons. The summed E-state index contributed by atoms with van der Waals surface area (Å²) in [6.45, 7) is 9.71. The molecule has 0 radical (unpaired) electrons. The van der Waals surface area contributed by atoms with Crippen molar-refractivity contribution in [2.24, 2.45) is 5.92 Å². The van der Waals surface area contributed by atoms with Gasteiger partial charge in [0, 0.05) is 31.5 Å². The van der Waals surface area contributed by atoms with E-state index in [1.165, 1.54) is 17.0 Å². The zero-order valence-corrected chi connectivity index (χ0v) is 18.6. The van der Waals surface area contributed by atoms with Crippen LogP contribution in [-0.4, -0.2) is 57.7 Å². The van der Waals surface area contributed by atoms with Crippen molar-refractivity contribution in [1.29, 1.82) is 0 Å². The molecule has 1 saturated heterocycles. The fraction of sp³-hybridized carbons (Fsp3) is 0.636. The van der Waals surface area contributed by atoms with Crippen molar-refractivity contribution in [1.82, 2.24) is 9.80 Å². The molecule has 1 atom stereocenters. The summed E-state index contributed by atoms with van der Waals surface area (Å²) >= 11 is 0. The maximum atomic E-state index is 13.2. The van der Waals surface area contributed by atoms with Crippen LogP contribution in [0.4, 0.5) is 18.0 Å². The molecule has 1 aliphatic rings. The lowest BCUT2D eigenvalue weighted by molar-refractivity contribution is -0.142. The number of nitrogens with zero attached hydrogens (tertiary/aromatic N) is 2. The van der Waals surface area contributed by atoms with Crippen LogP contribution in [0.1, 0.15) is 53.0 Å². The van der Waals surface area contributed by atoms with Gasteiger partial charge in [-0.15, -0.1) is 0 Å². The highest BCUT2D eigenvalue weighted by Crippen LogP contribution is 2.31. The Kier molecular flexibility index (Phi) is 7.49. The summed E-state index contributed by atoms with van der Waals surface area (Å²) in [7, 11) is 0. The van der Waals surface area contributed by atoms with Crippen molar-refractivity contribution >= 4 is 12.0 Å². The van der Waals surface area contributed by atoms with Crippen LogP contribution in [0.15, 0.2) is 24.3 Å². The first-order valence-corrected chi connectivity index (χ1v) is 10.4. The molecule has 0 saturated carbocycles. The monoisotopic (exact) mass is 444 g/mol. The number of piperidine rings is 1. The van der Waals surface area contributed by atoms with E-state index < -0.39 is 29.4 Å². The lowest BCUT2D eigenvalue weighted by Gasteiger charge is -2.43. The molecule has 1 aliphatic heterocycles. The third kappa shape index (κ3) is 6.27. The number of hydrogen-bond acceptors (Lipinski definition) is 3. The largest absolute Gasteiger partial charge is 0.490 e. The molecule has 2 rings (SSSR count). The van der Waals surface area contributed by atoms with Crippen molar-refractivity contribution in [2.45, 2.75) is 71.3 Å². The number of carbonyl (C=O) groups excluding carboxylic acids is 1. The minimum atomic E-state index is -4.39. The smallest absolute Gasteiger partial charge is 0.416 e. The molecule has 2 amide bonds. The highest BCUT2D eigenvalue weighted by Gasteiger charge is 2.41. The van der Waals surface area contributed by atoms with E-state index in [4.69, 9.17) is 4.74 Å². The van der Waals surface area contributed by atoms with Gasteiger partial charge in [0.05, 0.1) is 5.56 Å². The highest BCUT2D eigenvalue weighted by molar-refractivity contribution is 5.86. The third-order valence-corrected chi connectivity index (χ3v) is 5.33. The van der Waals surface area contributed by atoms with E-state index >= 15 is 0 Å². The zero-order valence-electron chi connectivity index (χ0n) is 18.6. The Hall–Kier alpha value is -2.45. The summed E-state index contributed by atoms with van der Waals surface area (Å²) in [5.41, 5.74) is -1.47. The van der Waals surface area contributed by atoms with Gasteiger partial charge in [-0.2, -0.15) is 13.2 Å². The molecule has 1 fully saturated rings. The maximum absolute atomic E-state index is 13.2. The quantitative estimate of drug-likeness (QED) is 0.703. The van der Waals surface area contributed by atoms with Crippen LogP contribution in [0, 0.1) is 5.92 Å². The second-order valence-electron chi connectivity index (χ2n) is 9.18. The number of benzene rings is 1. The number of ether oxygens (including phenoxy) is 1. The molecule has 0 spiro atoms. The Morgan fingerprint density at radius 1 is 1.10 bits per heavy atom. The fourth-order valence-electron chi connectivity index (χ4n) is 3.81. The summed E-state index contributed by atoms with van der Waals surface area (Å²) in [6, 6.07) is 3.75. The molecule has 31 heavy (non-hydrogen) atoms. The number of halogens is 3. The number of likely N-dealkylation sites (tertiary alicyclic amines) is 1. The van der Waals surface area contributed by atoms with Gasteiger partial charge in [-0.05, 0) is 51.0 Å². The molecule has 0 aromatic heterocycles. The van der Waals surface area contributed by atoms with E-state index in [-0.39, 0.29) is 17.9 Å². The summed E-state index contributed by atoms with van der Waals surface area (Å²) in [5.74, 6) is -0.0909. The number of carbonyl (C=O) groups is 2. The van der Waals surface area contributed by atoms with Gasteiger partial charge in [-0.3, -0.25) is 9.69 Å². The van der Waals surface area contributed by atoms with Gasteiger partial charge >= 0.3 is 12.3 Å². The summed E-state index contributed by atoms with van der Waals surface area (Å²) in [4.78, 5) is 28.0. The predicted octanol–water partition coefficient (Wildman–Crippen LogP) is 4.88. The van der Waals surface area contributed by atoms with E-state index in [1.54, 1.807) is 25.7 Å². The van der Waals surface area contributed by atoms with Crippen molar-refractivity contribution in [2.75, 3.05) is 13.1 Å². The van der Waals surface area contributed by atoms with Crippen LogP contribution >= 0.6 is 0 Å². The Balaban J connectivity index is 2.02. The minimum Gasteiger partial charge on any atom is -0.490 e. The molecule has 1 heterocycles.